The van der Waals surface area contributed by atoms with Crippen molar-refractivity contribution in [2.24, 2.45) is 47.3 Å². The van der Waals surface area contributed by atoms with Gasteiger partial charge in [0, 0.05) is 22.1 Å². The summed E-state index contributed by atoms with van der Waals surface area (Å²) in [6.45, 7) is 0. The molecule has 16 rings (SSSR count). The van der Waals surface area contributed by atoms with Crippen molar-refractivity contribution in [3.8, 4) is 11.1 Å². The van der Waals surface area contributed by atoms with Crippen LogP contribution in [-0.4, -0.2) is 0 Å². The second-order valence-electron chi connectivity index (χ2n) is 20.2. The second kappa shape index (κ2) is 11.8. The third kappa shape index (κ3) is 4.10. The Labute approximate surface area is 343 Å². The number of anilines is 6. The molecule has 0 amide bonds. The van der Waals surface area contributed by atoms with E-state index < -0.39 is 0 Å². The van der Waals surface area contributed by atoms with Crippen LogP contribution in [-0.2, 0) is 10.8 Å². The third-order valence-electron chi connectivity index (χ3n) is 17.8. The summed E-state index contributed by atoms with van der Waals surface area (Å²) in [6, 6.07) is 57.0. The van der Waals surface area contributed by atoms with Crippen molar-refractivity contribution in [3.63, 3.8) is 0 Å². The summed E-state index contributed by atoms with van der Waals surface area (Å²) in [5.41, 5.74) is 17.1. The topological polar surface area (TPSA) is 6.48 Å². The van der Waals surface area contributed by atoms with Gasteiger partial charge < -0.3 is 9.80 Å². The Balaban J connectivity index is 0.923. The Morgan fingerprint density at radius 1 is 0.328 bits per heavy atom. The molecule has 0 atom stereocenters. The summed E-state index contributed by atoms with van der Waals surface area (Å²) in [5.74, 6) is 6.64. The van der Waals surface area contributed by atoms with Crippen molar-refractivity contribution in [1.29, 1.82) is 0 Å². The predicted molar refractivity (Wildman–Crippen MR) is 237 cm³/mol. The SMILES string of the molecule is c1cc(-c2ccccc2N2c3ccccc3C3(c4ccccc42)C2CC4CC(C2)CC3C4)cc(N2c3ccccc3C3(c4ccccc42)C2CC4CC(C2)CC3C4)c1. The second-order valence-corrected chi connectivity index (χ2v) is 20.2. The number of rotatable bonds is 3. The van der Waals surface area contributed by atoms with Crippen LogP contribution in [0.4, 0.5) is 34.1 Å². The first kappa shape index (κ1) is 32.8. The van der Waals surface area contributed by atoms with Crippen molar-refractivity contribution in [2.45, 2.75) is 75.0 Å². The van der Waals surface area contributed by atoms with Crippen LogP contribution in [0.2, 0.25) is 0 Å². The highest BCUT2D eigenvalue weighted by Gasteiger charge is 2.63. The average Bonchev–Trinajstić information content (AvgIpc) is 3.26. The maximum Gasteiger partial charge on any atom is 0.0540 e. The number of fused-ring (bicyclic) bond motifs is 4. The molecule has 0 unspecified atom stereocenters. The van der Waals surface area contributed by atoms with Gasteiger partial charge in [-0.25, -0.2) is 0 Å². The molecule has 6 aromatic carbocycles. The summed E-state index contributed by atoms with van der Waals surface area (Å²) in [7, 11) is 0. The Bertz CT molecular complexity index is 2490. The highest BCUT2D eigenvalue weighted by Crippen LogP contribution is 2.71. The number of hydrogen-bond donors (Lipinski definition) is 0. The molecule has 8 bridgehead atoms. The highest BCUT2D eigenvalue weighted by atomic mass is 15.2. The van der Waals surface area contributed by atoms with Gasteiger partial charge in [0.1, 0.15) is 0 Å². The van der Waals surface area contributed by atoms with Crippen molar-refractivity contribution >= 4 is 34.1 Å². The maximum absolute atomic E-state index is 2.64. The van der Waals surface area contributed by atoms with Crippen LogP contribution in [0, 0.1) is 47.3 Å². The molecule has 2 nitrogen and oxygen atoms in total. The zero-order chi connectivity index (χ0) is 37.7. The van der Waals surface area contributed by atoms with E-state index in [0.717, 1.165) is 47.3 Å². The number of benzene rings is 6. The van der Waals surface area contributed by atoms with E-state index in [1.165, 1.54) is 109 Å². The van der Waals surface area contributed by atoms with Crippen LogP contribution < -0.4 is 9.80 Å². The monoisotopic (exact) mass is 752 g/mol. The summed E-state index contributed by atoms with van der Waals surface area (Å²) >= 11 is 0. The lowest BCUT2D eigenvalue weighted by Gasteiger charge is -2.64. The minimum Gasteiger partial charge on any atom is -0.310 e. The van der Waals surface area contributed by atoms with E-state index in [9.17, 15) is 0 Å². The zero-order valence-electron chi connectivity index (χ0n) is 33.4. The van der Waals surface area contributed by atoms with Crippen LogP contribution in [0.15, 0.2) is 146 Å². The predicted octanol–water partition coefficient (Wildman–Crippen LogP) is 14.4. The Morgan fingerprint density at radius 3 is 1.12 bits per heavy atom. The molecule has 2 spiro atoms. The molecule has 0 aromatic heterocycles. The first-order valence-corrected chi connectivity index (χ1v) is 22.9. The van der Waals surface area contributed by atoms with Crippen LogP contribution in [0.3, 0.4) is 0 Å². The summed E-state index contributed by atoms with van der Waals surface area (Å²) in [4.78, 5) is 5.26. The molecule has 2 heterocycles. The van der Waals surface area contributed by atoms with Gasteiger partial charge in [-0.2, -0.15) is 0 Å². The Hall–Kier alpha value is -5.08. The van der Waals surface area contributed by atoms with E-state index >= 15 is 0 Å². The summed E-state index contributed by atoms with van der Waals surface area (Å²) in [6.07, 6.45) is 14.1. The quantitative estimate of drug-likeness (QED) is 0.178. The maximum atomic E-state index is 2.64. The number of hydrogen-bond acceptors (Lipinski definition) is 2. The summed E-state index contributed by atoms with van der Waals surface area (Å²) in [5, 5.41) is 0. The van der Waals surface area contributed by atoms with Crippen LogP contribution in [0.25, 0.3) is 11.1 Å². The zero-order valence-corrected chi connectivity index (χ0v) is 33.4. The van der Waals surface area contributed by atoms with Gasteiger partial charge in [0.05, 0.1) is 28.4 Å². The lowest BCUT2D eigenvalue weighted by atomic mass is 9.41. The summed E-state index contributed by atoms with van der Waals surface area (Å²) < 4.78 is 0. The van der Waals surface area contributed by atoms with Crippen LogP contribution >= 0.6 is 0 Å². The van der Waals surface area contributed by atoms with E-state index in [-0.39, 0.29) is 10.8 Å². The molecule has 8 saturated carbocycles. The normalized spacial score (nSPS) is 30.6. The molecule has 286 valence electrons. The Kier molecular flexibility index (Phi) is 6.67. The van der Waals surface area contributed by atoms with Gasteiger partial charge >= 0.3 is 0 Å². The molecule has 2 heteroatoms. The van der Waals surface area contributed by atoms with Crippen molar-refractivity contribution < 1.29 is 0 Å². The van der Waals surface area contributed by atoms with Crippen molar-refractivity contribution in [1.82, 2.24) is 0 Å². The standard InChI is InChI=1S/C56H52N2/c1-6-19-50(58-53-22-9-4-17-48(53)56(49-18-5-10-23-54(49)58)42-30-37-25-38(32-42)33-43(56)31-37)45(14-1)39-12-11-13-44(34-39)57-51-20-7-2-15-46(51)55(47-16-3-8-21-52(47)57)40-26-35-24-36(28-40)29-41(55)27-35/h1-23,34-38,40-43H,24-33H2. The molecule has 6 aromatic rings. The third-order valence-corrected chi connectivity index (χ3v) is 17.8. The largest absolute Gasteiger partial charge is 0.310 e. The lowest BCUT2D eigenvalue weighted by Crippen LogP contribution is -2.57. The molecule has 8 aliphatic carbocycles. The van der Waals surface area contributed by atoms with Gasteiger partial charge in [0.15, 0.2) is 0 Å². The van der Waals surface area contributed by atoms with E-state index in [0.29, 0.717) is 0 Å². The van der Waals surface area contributed by atoms with Gasteiger partial charge in [-0.3, -0.25) is 0 Å². The Morgan fingerprint density at radius 2 is 0.690 bits per heavy atom. The molecule has 2 aliphatic heterocycles. The molecule has 58 heavy (non-hydrogen) atoms. The molecular weight excluding hydrogens is 701 g/mol. The molecule has 0 saturated heterocycles. The van der Waals surface area contributed by atoms with Gasteiger partial charge in [0.25, 0.3) is 0 Å². The number of para-hydroxylation sites is 5. The fourth-order valence-corrected chi connectivity index (χ4v) is 16.5. The minimum absolute atomic E-state index is 0.107. The van der Waals surface area contributed by atoms with E-state index in [4.69, 9.17) is 0 Å². The van der Waals surface area contributed by atoms with Crippen LogP contribution in [0.1, 0.15) is 86.5 Å². The van der Waals surface area contributed by atoms with Crippen molar-refractivity contribution in [2.75, 3.05) is 9.80 Å². The van der Waals surface area contributed by atoms with E-state index in [2.05, 4.69) is 155 Å². The molecular formula is C56H52N2. The van der Waals surface area contributed by atoms with Gasteiger partial charge in [-0.15, -0.1) is 0 Å². The molecule has 10 aliphatic rings. The van der Waals surface area contributed by atoms with Gasteiger partial charge in [-0.05, 0) is 182 Å². The highest BCUT2D eigenvalue weighted by molar-refractivity contribution is 5.94. The minimum atomic E-state index is 0.107. The molecule has 0 radical (unpaired) electrons. The van der Waals surface area contributed by atoms with E-state index in [1.807, 2.05) is 0 Å². The number of nitrogens with zero attached hydrogens (tertiary/aromatic N) is 2. The average molecular weight is 753 g/mol. The molecule has 8 fully saturated rings. The molecule has 0 N–H and O–H groups in total. The first-order valence-electron chi connectivity index (χ1n) is 22.9. The lowest BCUT2D eigenvalue weighted by molar-refractivity contribution is -0.0419. The fourth-order valence-electron chi connectivity index (χ4n) is 16.5. The fraction of sp³-hybridized carbons (Fsp3) is 0.357. The van der Waals surface area contributed by atoms with Gasteiger partial charge in [-0.1, -0.05) is 103 Å². The van der Waals surface area contributed by atoms with Crippen molar-refractivity contribution in [3.05, 3.63) is 168 Å². The van der Waals surface area contributed by atoms with Gasteiger partial charge in [0.2, 0.25) is 0 Å². The van der Waals surface area contributed by atoms with E-state index in [1.54, 1.807) is 22.3 Å². The first-order chi connectivity index (χ1) is 28.7. The smallest absolute Gasteiger partial charge is 0.0540 e. The van der Waals surface area contributed by atoms with Crippen LogP contribution in [0.5, 0.6) is 0 Å².